The van der Waals surface area contributed by atoms with Gasteiger partial charge in [-0.25, -0.2) is 14.4 Å². The van der Waals surface area contributed by atoms with E-state index in [2.05, 4.69) is 0 Å². The van der Waals surface area contributed by atoms with Gasteiger partial charge in [0.15, 0.2) is 5.76 Å². The van der Waals surface area contributed by atoms with Crippen molar-refractivity contribution in [1.82, 2.24) is 0 Å². The molecule has 7 heteroatoms. The first-order valence-electron chi connectivity index (χ1n) is 8.28. The van der Waals surface area contributed by atoms with Crippen LogP contribution in [0.4, 0.5) is 0 Å². The number of hydrogen-bond acceptors (Lipinski definition) is 7. The normalized spacial score (nSPS) is 10.3. The van der Waals surface area contributed by atoms with Crippen molar-refractivity contribution in [2.24, 2.45) is 0 Å². The van der Waals surface area contributed by atoms with E-state index in [-0.39, 0.29) is 42.5 Å². The number of esters is 3. The SMILES string of the molecule is CCOC(=O)c1oc(-c2ccccc2)c(C(=O)OCC)c1C(=O)OCC. The molecule has 0 bridgehead atoms. The third-order valence-electron chi connectivity index (χ3n) is 3.36. The monoisotopic (exact) mass is 360 g/mol. The Bertz CT molecular complexity index is 790. The molecule has 0 radical (unpaired) electrons. The smallest absolute Gasteiger partial charge is 0.375 e. The fourth-order valence-corrected chi connectivity index (χ4v) is 2.36. The third-order valence-corrected chi connectivity index (χ3v) is 3.36. The Kier molecular flexibility index (Phi) is 6.54. The van der Waals surface area contributed by atoms with Gasteiger partial charge in [-0.1, -0.05) is 30.3 Å². The molecule has 0 spiro atoms. The van der Waals surface area contributed by atoms with E-state index in [9.17, 15) is 14.4 Å². The highest BCUT2D eigenvalue weighted by Crippen LogP contribution is 2.33. The highest BCUT2D eigenvalue weighted by atomic mass is 16.6. The molecule has 1 aromatic carbocycles. The van der Waals surface area contributed by atoms with Crippen LogP contribution in [0.5, 0.6) is 0 Å². The summed E-state index contributed by atoms with van der Waals surface area (Å²) >= 11 is 0. The lowest BCUT2D eigenvalue weighted by Gasteiger charge is -2.06. The number of furan rings is 1. The van der Waals surface area contributed by atoms with Gasteiger partial charge in [0.05, 0.1) is 19.8 Å². The lowest BCUT2D eigenvalue weighted by Crippen LogP contribution is -2.17. The fraction of sp³-hybridized carbons (Fsp3) is 0.316. The van der Waals surface area contributed by atoms with Gasteiger partial charge in [0.2, 0.25) is 5.76 Å². The van der Waals surface area contributed by atoms with Crippen LogP contribution < -0.4 is 0 Å². The van der Waals surface area contributed by atoms with Crippen molar-refractivity contribution < 1.29 is 33.0 Å². The van der Waals surface area contributed by atoms with Crippen LogP contribution >= 0.6 is 0 Å². The molecule has 2 rings (SSSR count). The van der Waals surface area contributed by atoms with Crippen molar-refractivity contribution in [2.45, 2.75) is 20.8 Å². The molecule has 0 fully saturated rings. The molecule has 0 aliphatic carbocycles. The number of rotatable bonds is 7. The Morgan fingerprint density at radius 1 is 0.769 bits per heavy atom. The summed E-state index contributed by atoms with van der Waals surface area (Å²) in [4.78, 5) is 37.2. The van der Waals surface area contributed by atoms with Crippen molar-refractivity contribution in [3.63, 3.8) is 0 Å². The molecule has 138 valence electrons. The van der Waals surface area contributed by atoms with Crippen LogP contribution in [-0.2, 0) is 14.2 Å². The molecular weight excluding hydrogens is 340 g/mol. The van der Waals surface area contributed by atoms with E-state index in [1.54, 1.807) is 51.1 Å². The second-order valence-electron chi connectivity index (χ2n) is 5.04. The van der Waals surface area contributed by atoms with E-state index in [1.807, 2.05) is 0 Å². The summed E-state index contributed by atoms with van der Waals surface area (Å²) < 4.78 is 20.6. The van der Waals surface area contributed by atoms with E-state index >= 15 is 0 Å². The Labute approximate surface area is 150 Å². The minimum Gasteiger partial charge on any atom is -0.462 e. The molecule has 1 heterocycles. The summed E-state index contributed by atoms with van der Waals surface area (Å²) in [6.45, 7) is 5.11. The van der Waals surface area contributed by atoms with Crippen LogP contribution in [0.1, 0.15) is 52.0 Å². The topological polar surface area (TPSA) is 92.0 Å². The summed E-state index contributed by atoms with van der Waals surface area (Å²) in [5.41, 5.74) is 0.0683. The Morgan fingerprint density at radius 2 is 1.27 bits per heavy atom. The molecule has 26 heavy (non-hydrogen) atoms. The fourth-order valence-electron chi connectivity index (χ4n) is 2.36. The van der Waals surface area contributed by atoms with Gasteiger partial charge in [0.1, 0.15) is 11.1 Å². The second kappa shape index (κ2) is 8.84. The minimum absolute atomic E-state index is 0.0511. The molecule has 0 aliphatic heterocycles. The van der Waals surface area contributed by atoms with Crippen molar-refractivity contribution in [2.75, 3.05) is 19.8 Å². The number of carbonyl (C=O) groups excluding carboxylic acids is 3. The van der Waals surface area contributed by atoms with Gasteiger partial charge < -0.3 is 18.6 Å². The first kappa shape index (κ1) is 19.2. The van der Waals surface area contributed by atoms with Crippen LogP contribution in [0.25, 0.3) is 11.3 Å². The Hall–Kier alpha value is -3.09. The van der Waals surface area contributed by atoms with Crippen molar-refractivity contribution in [1.29, 1.82) is 0 Å². The molecule has 0 saturated carbocycles. The zero-order valence-electron chi connectivity index (χ0n) is 14.9. The lowest BCUT2D eigenvalue weighted by molar-refractivity contribution is 0.0446. The number of ether oxygens (including phenoxy) is 3. The first-order chi connectivity index (χ1) is 12.5. The zero-order chi connectivity index (χ0) is 19.1. The molecule has 0 amide bonds. The van der Waals surface area contributed by atoms with Crippen LogP contribution in [0.3, 0.4) is 0 Å². The average molecular weight is 360 g/mol. The van der Waals surface area contributed by atoms with Gasteiger partial charge >= 0.3 is 17.9 Å². The summed E-state index contributed by atoms with van der Waals surface area (Å²) in [7, 11) is 0. The minimum atomic E-state index is -0.858. The summed E-state index contributed by atoms with van der Waals surface area (Å²) in [5, 5.41) is 0. The van der Waals surface area contributed by atoms with Gasteiger partial charge in [0, 0.05) is 5.56 Å². The van der Waals surface area contributed by atoms with Crippen LogP contribution in [0.15, 0.2) is 34.7 Å². The van der Waals surface area contributed by atoms with Crippen LogP contribution in [0.2, 0.25) is 0 Å². The van der Waals surface area contributed by atoms with Gasteiger partial charge in [-0.3, -0.25) is 0 Å². The largest absolute Gasteiger partial charge is 0.462 e. The number of hydrogen-bond donors (Lipinski definition) is 0. The summed E-state index contributed by atoms with van der Waals surface area (Å²) in [5.74, 6) is -2.83. The molecular formula is C19H20O7. The average Bonchev–Trinajstić information content (AvgIpc) is 3.04. The van der Waals surface area contributed by atoms with Gasteiger partial charge in [-0.2, -0.15) is 0 Å². The maximum atomic E-state index is 12.5. The van der Waals surface area contributed by atoms with E-state index in [0.717, 1.165) is 0 Å². The maximum absolute atomic E-state index is 12.5. The molecule has 7 nitrogen and oxygen atoms in total. The zero-order valence-corrected chi connectivity index (χ0v) is 14.9. The van der Waals surface area contributed by atoms with Gasteiger partial charge in [-0.15, -0.1) is 0 Å². The standard InChI is InChI=1S/C19H20O7/c1-4-23-17(20)13-14(18(21)24-5-2)16(19(22)25-6-3)26-15(13)12-10-8-7-9-11-12/h7-11H,4-6H2,1-3H3. The highest BCUT2D eigenvalue weighted by molar-refractivity contribution is 6.12. The summed E-state index contributed by atoms with van der Waals surface area (Å²) in [6, 6.07) is 8.63. The van der Waals surface area contributed by atoms with Crippen LogP contribution in [0, 0.1) is 0 Å². The Balaban J connectivity index is 2.74. The van der Waals surface area contributed by atoms with Gasteiger partial charge in [0.25, 0.3) is 0 Å². The quantitative estimate of drug-likeness (QED) is 0.551. The van der Waals surface area contributed by atoms with E-state index in [1.165, 1.54) is 0 Å². The predicted octanol–water partition coefficient (Wildman–Crippen LogP) is 3.48. The van der Waals surface area contributed by atoms with Gasteiger partial charge in [-0.05, 0) is 20.8 Å². The molecule has 0 N–H and O–H groups in total. The van der Waals surface area contributed by atoms with Crippen molar-refractivity contribution >= 4 is 17.9 Å². The van der Waals surface area contributed by atoms with E-state index in [4.69, 9.17) is 18.6 Å². The highest BCUT2D eigenvalue weighted by Gasteiger charge is 2.36. The molecule has 0 unspecified atom stereocenters. The maximum Gasteiger partial charge on any atom is 0.375 e. The lowest BCUT2D eigenvalue weighted by atomic mass is 10.0. The van der Waals surface area contributed by atoms with Crippen molar-refractivity contribution in [3.8, 4) is 11.3 Å². The molecule has 0 atom stereocenters. The third kappa shape index (κ3) is 3.93. The number of benzene rings is 1. The predicted molar refractivity (Wildman–Crippen MR) is 92.0 cm³/mol. The molecule has 1 aromatic heterocycles. The Morgan fingerprint density at radius 3 is 1.81 bits per heavy atom. The second-order valence-corrected chi connectivity index (χ2v) is 5.04. The number of carbonyl (C=O) groups is 3. The van der Waals surface area contributed by atoms with Crippen molar-refractivity contribution in [3.05, 3.63) is 47.2 Å². The first-order valence-corrected chi connectivity index (χ1v) is 8.28. The molecule has 0 aliphatic rings. The van der Waals surface area contributed by atoms with E-state index in [0.29, 0.717) is 5.56 Å². The van der Waals surface area contributed by atoms with E-state index < -0.39 is 17.9 Å². The van der Waals surface area contributed by atoms with Crippen LogP contribution in [-0.4, -0.2) is 37.7 Å². The summed E-state index contributed by atoms with van der Waals surface area (Å²) in [6.07, 6.45) is 0. The molecule has 0 saturated heterocycles. The molecule has 2 aromatic rings.